The number of aliphatic hydroxyl groups is 1. The Kier molecular flexibility index (Phi) is 8.46. The molecular weight excluding hydrogens is 533 g/mol. The van der Waals surface area contributed by atoms with Gasteiger partial charge in [0.15, 0.2) is 0 Å². The van der Waals surface area contributed by atoms with Crippen LogP contribution in [0.15, 0.2) is 79.5 Å². The van der Waals surface area contributed by atoms with Gasteiger partial charge in [0.1, 0.15) is 6.67 Å². The molecule has 4 aromatic rings. The number of carbonyl (C=O) groups is 1. The van der Waals surface area contributed by atoms with Crippen LogP contribution in [0.25, 0.3) is 22.0 Å². The monoisotopic (exact) mass is 562 g/mol. The topological polar surface area (TPSA) is 93.6 Å². The third-order valence-electron chi connectivity index (χ3n) is 6.94. The highest BCUT2D eigenvalue weighted by Crippen LogP contribution is 2.34. The smallest absolute Gasteiger partial charge is 0.247 e. The van der Waals surface area contributed by atoms with E-state index in [4.69, 9.17) is 4.98 Å². The maximum Gasteiger partial charge on any atom is 0.247 e. The number of aromatic nitrogens is 2. The molecule has 41 heavy (non-hydrogen) atoms. The lowest BCUT2D eigenvalue weighted by Gasteiger charge is -2.40. The number of amides is 1. The van der Waals surface area contributed by atoms with Crippen LogP contribution in [-0.4, -0.2) is 64.8 Å². The van der Waals surface area contributed by atoms with Gasteiger partial charge >= 0.3 is 0 Å². The predicted octanol–water partition coefficient (Wildman–Crippen LogP) is 5.34. The molecule has 0 aliphatic carbocycles. The number of anilines is 4. The van der Waals surface area contributed by atoms with Gasteiger partial charge in [0.2, 0.25) is 24.4 Å². The van der Waals surface area contributed by atoms with Gasteiger partial charge in [-0.15, -0.1) is 0 Å². The zero-order valence-corrected chi connectivity index (χ0v) is 22.1. The minimum absolute atomic E-state index is 0.136. The van der Waals surface area contributed by atoms with E-state index in [-0.39, 0.29) is 32.1 Å². The molecule has 1 aromatic heterocycles. The molecule has 2 heterocycles. The average Bonchev–Trinajstić information content (AvgIpc) is 2.99. The summed E-state index contributed by atoms with van der Waals surface area (Å²) >= 11 is 0. The summed E-state index contributed by atoms with van der Waals surface area (Å²) in [5.41, 5.74) is 4.39. The van der Waals surface area contributed by atoms with Crippen LogP contribution >= 0.6 is 0 Å². The van der Waals surface area contributed by atoms with E-state index in [0.29, 0.717) is 39.7 Å². The van der Waals surface area contributed by atoms with Crippen LogP contribution in [0.4, 0.5) is 36.2 Å². The minimum Gasteiger partial charge on any atom is -0.392 e. The third kappa shape index (κ3) is 6.01. The Labute approximate surface area is 235 Å². The SMILES string of the molecule is C=CC(=O)Nc1cccc(-c2c(CO)ccc3cnc(Nc4ccc(N5CCN(CCF)C(F)C5F)cc4)nc23)c1. The molecule has 0 radical (unpaired) electrons. The standard InChI is InChI=1S/C30H29F3N6O2/c1-2-25(41)35-23-5-3-4-19(16-23)26-21(18-40)7-6-20-17-34-30(37-27(20)26)36-22-8-10-24(11-9-22)39-15-14-38(13-12-31)28(32)29(39)33/h2-11,16-17,28-29,40H,1,12-15,18H2,(H,35,41)(H,34,36,37). The maximum absolute atomic E-state index is 14.7. The summed E-state index contributed by atoms with van der Waals surface area (Å²) in [6.07, 6.45) is -0.954. The Morgan fingerprint density at radius 2 is 1.88 bits per heavy atom. The molecular formula is C30H29F3N6O2. The van der Waals surface area contributed by atoms with E-state index >= 15 is 0 Å². The van der Waals surface area contributed by atoms with Gasteiger partial charge in [-0.1, -0.05) is 30.8 Å². The van der Waals surface area contributed by atoms with Crippen LogP contribution in [0.3, 0.4) is 0 Å². The van der Waals surface area contributed by atoms with Gasteiger partial charge in [-0.2, -0.15) is 0 Å². The number of halogens is 3. The fourth-order valence-corrected chi connectivity index (χ4v) is 4.88. The first-order valence-electron chi connectivity index (χ1n) is 13.1. The summed E-state index contributed by atoms with van der Waals surface area (Å²) in [5, 5.41) is 16.7. The molecule has 1 fully saturated rings. The van der Waals surface area contributed by atoms with Gasteiger partial charge in [0.25, 0.3) is 0 Å². The molecule has 1 aliphatic rings. The number of hydrogen-bond acceptors (Lipinski definition) is 7. The molecule has 3 aromatic carbocycles. The summed E-state index contributed by atoms with van der Waals surface area (Å²) in [6.45, 7) is 2.84. The number of nitrogens with zero attached hydrogens (tertiary/aromatic N) is 4. The van der Waals surface area contributed by atoms with Crippen LogP contribution in [0.1, 0.15) is 5.56 Å². The van der Waals surface area contributed by atoms with Crippen molar-refractivity contribution in [1.29, 1.82) is 0 Å². The first kappa shape index (κ1) is 28.1. The quantitative estimate of drug-likeness (QED) is 0.187. The van der Waals surface area contributed by atoms with Gasteiger partial charge in [0.05, 0.1) is 12.1 Å². The molecule has 0 spiro atoms. The number of nitrogens with one attached hydrogen (secondary N) is 2. The summed E-state index contributed by atoms with van der Waals surface area (Å²) in [6, 6.07) is 17.6. The molecule has 5 rings (SSSR count). The number of carbonyl (C=O) groups excluding carboxylic acids is 1. The van der Waals surface area contributed by atoms with E-state index in [0.717, 1.165) is 15.8 Å². The van der Waals surface area contributed by atoms with Gasteiger partial charge in [-0.25, -0.2) is 23.1 Å². The minimum atomic E-state index is -1.90. The highest BCUT2D eigenvalue weighted by Gasteiger charge is 2.36. The molecule has 212 valence electrons. The lowest BCUT2D eigenvalue weighted by molar-refractivity contribution is -0.111. The highest BCUT2D eigenvalue weighted by atomic mass is 19.2. The average molecular weight is 563 g/mol. The summed E-state index contributed by atoms with van der Waals surface area (Å²) in [4.78, 5) is 23.4. The zero-order valence-electron chi connectivity index (χ0n) is 22.1. The number of fused-ring (bicyclic) bond motifs is 1. The number of rotatable bonds is 9. The molecule has 0 bridgehead atoms. The zero-order chi connectivity index (χ0) is 28.9. The van der Waals surface area contributed by atoms with Crippen LogP contribution < -0.4 is 15.5 Å². The molecule has 2 atom stereocenters. The van der Waals surface area contributed by atoms with Crippen molar-refractivity contribution in [2.24, 2.45) is 0 Å². The number of alkyl halides is 3. The van der Waals surface area contributed by atoms with E-state index in [1.807, 2.05) is 12.1 Å². The fourth-order valence-electron chi connectivity index (χ4n) is 4.88. The van der Waals surface area contributed by atoms with Crippen LogP contribution in [0.2, 0.25) is 0 Å². The second-order valence-corrected chi connectivity index (χ2v) is 9.50. The lowest BCUT2D eigenvalue weighted by Crippen LogP contribution is -2.56. The van der Waals surface area contributed by atoms with Gasteiger partial charge in [-0.05, 0) is 53.6 Å². The van der Waals surface area contributed by atoms with Crippen molar-refractivity contribution in [2.75, 3.05) is 41.8 Å². The highest BCUT2D eigenvalue weighted by molar-refractivity contribution is 6.00. The van der Waals surface area contributed by atoms with Crippen molar-refractivity contribution < 1.29 is 23.1 Å². The predicted molar refractivity (Wildman–Crippen MR) is 154 cm³/mol. The Morgan fingerprint density at radius 3 is 2.61 bits per heavy atom. The second kappa shape index (κ2) is 12.4. The van der Waals surface area contributed by atoms with Crippen molar-refractivity contribution in [3.63, 3.8) is 0 Å². The molecule has 3 N–H and O–H groups in total. The second-order valence-electron chi connectivity index (χ2n) is 9.50. The Balaban J connectivity index is 1.41. The molecule has 0 saturated carbocycles. The summed E-state index contributed by atoms with van der Waals surface area (Å²) < 4.78 is 41.8. The number of piperazine rings is 1. The molecule has 1 saturated heterocycles. The molecule has 1 aliphatic heterocycles. The Hall–Kier alpha value is -4.48. The van der Waals surface area contributed by atoms with Gasteiger partial charge in [-0.3, -0.25) is 9.69 Å². The molecule has 8 nitrogen and oxygen atoms in total. The Morgan fingerprint density at radius 1 is 1.07 bits per heavy atom. The first-order valence-corrected chi connectivity index (χ1v) is 13.1. The van der Waals surface area contributed by atoms with E-state index < -0.39 is 19.3 Å². The first-order chi connectivity index (χ1) is 19.9. The summed E-state index contributed by atoms with van der Waals surface area (Å²) in [5.74, 6) is -0.0439. The van der Waals surface area contributed by atoms with Crippen LogP contribution in [0.5, 0.6) is 0 Å². The third-order valence-corrected chi connectivity index (χ3v) is 6.94. The van der Waals surface area contributed by atoms with Crippen molar-refractivity contribution in [3.8, 4) is 11.1 Å². The van der Waals surface area contributed by atoms with E-state index in [1.54, 1.807) is 54.7 Å². The number of benzene rings is 3. The van der Waals surface area contributed by atoms with Crippen molar-refractivity contribution >= 4 is 39.8 Å². The molecule has 2 unspecified atom stereocenters. The van der Waals surface area contributed by atoms with Gasteiger partial charge in [0, 0.05) is 53.8 Å². The van der Waals surface area contributed by atoms with E-state index in [9.17, 15) is 23.1 Å². The van der Waals surface area contributed by atoms with Crippen molar-refractivity contribution in [2.45, 2.75) is 19.2 Å². The number of aliphatic hydroxyl groups excluding tert-OH is 1. The fraction of sp³-hybridized carbons (Fsp3) is 0.233. The number of hydrogen-bond donors (Lipinski definition) is 3. The van der Waals surface area contributed by atoms with Gasteiger partial charge < -0.3 is 20.6 Å². The largest absolute Gasteiger partial charge is 0.392 e. The summed E-state index contributed by atoms with van der Waals surface area (Å²) in [7, 11) is 0. The van der Waals surface area contributed by atoms with Crippen LogP contribution in [0, 0.1) is 0 Å². The van der Waals surface area contributed by atoms with E-state index in [1.165, 1.54) is 11.0 Å². The van der Waals surface area contributed by atoms with Crippen molar-refractivity contribution in [1.82, 2.24) is 14.9 Å². The lowest BCUT2D eigenvalue weighted by atomic mass is 9.96. The van der Waals surface area contributed by atoms with E-state index in [2.05, 4.69) is 22.2 Å². The molecule has 1 amide bonds. The normalized spacial score (nSPS) is 17.4. The van der Waals surface area contributed by atoms with Crippen molar-refractivity contribution in [3.05, 3.63) is 85.1 Å². The molecule has 11 heteroatoms. The Bertz CT molecular complexity index is 1550. The van der Waals surface area contributed by atoms with Crippen LogP contribution in [-0.2, 0) is 11.4 Å². The maximum atomic E-state index is 14.7.